The van der Waals surface area contributed by atoms with E-state index in [4.69, 9.17) is 4.42 Å². The lowest BCUT2D eigenvalue weighted by Gasteiger charge is -2.23. The number of hydrogen-bond acceptors (Lipinski definition) is 5. The summed E-state index contributed by atoms with van der Waals surface area (Å²) in [6, 6.07) is -0.227. The molecule has 1 aromatic rings. The molecule has 3 rings (SSSR count). The van der Waals surface area contributed by atoms with Gasteiger partial charge < -0.3 is 9.73 Å². The third-order valence-corrected chi connectivity index (χ3v) is 5.23. The Morgan fingerprint density at radius 2 is 2.24 bits per heavy atom. The number of nitrogens with one attached hydrogen (secondary N) is 1. The maximum Gasteiger partial charge on any atom is 0.197 e. The predicted molar refractivity (Wildman–Crippen MR) is 62.5 cm³/mol. The summed E-state index contributed by atoms with van der Waals surface area (Å²) in [7, 11) is -2.93. The minimum atomic E-state index is -2.93. The van der Waals surface area contributed by atoms with Crippen molar-refractivity contribution >= 4 is 9.84 Å². The first-order chi connectivity index (χ1) is 8.14. The van der Waals surface area contributed by atoms with E-state index in [0.29, 0.717) is 18.2 Å². The van der Waals surface area contributed by atoms with Crippen LogP contribution in [-0.2, 0) is 9.84 Å². The summed E-state index contributed by atoms with van der Waals surface area (Å²) in [5.74, 6) is 2.22. The Balaban J connectivity index is 1.77. The fourth-order valence-corrected chi connectivity index (χ4v) is 3.66. The molecule has 0 spiro atoms. The molecule has 1 atom stereocenters. The van der Waals surface area contributed by atoms with E-state index >= 15 is 0 Å². The van der Waals surface area contributed by atoms with Crippen LogP contribution < -0.4 is 5.32 Å². The van der Waals surface area contributed by atoms with Crippen LogP contribution in [-0.4, -0.2) is 31.5 Å². The van der Waals surface area contributed by atoms with Crippen molar-refractivity contribution in [1.82, 2.24) is 10.3 Å². The second-order valence-corrected chi connectivity index (χ2v) is 7.08. The standard InChI is InChI=1S/C11H16N2O3S/c14-17(15)5-4-12-9(7-17)10-6-13-11(16-10)8-2-1-3-8/h6,8-9,12H,1-5,7H2. The number of sulfone groups is 1. The molecule has 1 aliphatic heterocycles. The van der Waals surface area contributed by atoms with Gasteiger partial charge in [0.2, 0.25) is 0 Å². The summed E-state index contributed by atoms with van der Waals surface area (Å²) in [6.07, 6.45) is 5.18. The summed E-state index contributed by atoms with van der Waals surface area (Å²) in [6.45, 7) is 0.493. The Kier molecular flexibility index (Phi) is 2.71. The zero-order valence-electron chi connectivity index (χ0n) is 9.55. The topological polar surface area (TPSA) is 72.2 Å². The Morgan fingerprint density at radius 3 is 2.88 bits per heavy atom. The predicted octanol–water partition coefficient (Wildman–Crippen LogP) is 1.00. The number of rotatable bonds is 2. The maximum absolute atomic E-state index is 11.5. The lowest BCUT2D eigenvalue weighted by Crippen LogP contribution is -2.38. The molecule has 1 saturated heterocycles. The summed E-state index contributed by atoms with van der Waals surface area (Å²) in [5.41, 5.74) is 0. The van der Waals surface area contributed by atoms with Crippen LogP contribution in [0.4, 0.5) is 0 Å². The van der Waals surface area contributed by atoms with E-state index < -0.39 is 9.84 Å². The van der Waals surface area contributed by atoms with E-state index in [9.17, 15) is 8.42 Å². The van der Waals surface area contributed by atoms with Gasteiger partial charge >= 0.3 is 0 Å². The molecule has 94 valence electrons. The minimum Gasteiger partial charge on any atom is -0.444 e. The first kappa shape index (κ1) is 11.2. The molecule has 1 saturated carbocycles. The van der Waals surface area contributed by atoms with Gasteiger partial charge in [-0.2, -0.15) is 0 Å². The van der Waals surface area contributed by atoms with Crippen molar-refractivity contribution in [3.05, 3.63) is 17.8 Å². The van der Waals surface area contributed by atoms with Gasteiger partial charge in [-0.15, -0.1) is 0 Å². The summed E-state index contributed by atoms with van der Waals surface area (Å²) >= 11 is 0. The average Bonchev–Trinajstić information content (AvgIpc) is 2.62. The van der Waals surface area contributed by atoms with E-state index in [1.807, 2.05) is 0 Å². The van der Waals surface area contributed by atoms with Gasteiger partial charge in [-0.25, -0.2) is 13.4 Å². The molecule has 6 heteroatoms. The Morgan fingerprint density at radius 1 is 1.41 bits per heavy atom. The van der Waals surface area contributed by atoms with Crippen LogP contribution in [0.25, 0.3) is 0 Å². The fourth-order valence-electron chi connectivity index (χ4n) is 2.27. The molecule has 17 heavy (non-hydrogen) atoms. The van der Waals surface area contributed by atoms with Crippen LogP contribution in [0, 0.1) is 0 Å². The highest BCUT2D eigenvalue weighted by Crippen LogP contribution is 2.36. The van der Waals surface area contributed by atoms with Crippen LogP contribution in [0.3, 0.4) is 0 Å². The van der Waals surface area contributed by atoms with Crippen molar-refractivity contribution < 1.29 is 12.8 Å². The quantitative estimate of drug-likeness (QED) is 0.854. The van der Waals surface area contributed by atoms with Gasteiger partial charge in [0.05, 0.1) is 23.7 Å². The molecule has 1 aromatic heterocycles. The van der Waals surface area contributed by atoms with E-state index in [-0.39, 0.29) is 17.5 Å². The third-order valence-electron chi connectivity index (χ3n) is 3.56. The van der Waals surface area contributed by atoms with Gasteiger partial charge in [-0.05, 0) is 12.8 Å². The largest absolute Gasteiger partial charge is 0.444 e. The highest BCUT2D eigenvalue weighted by molar-refractivity contribution is 7.91. The normalized spacial score (nSPS) is 28.8. The van der Waals surface area contributed by atoms with Crippen molar-refractivity contribution in [2.24, 2.45) is 0 Å². The Hall–Kier alpha value is -0.880. The fraction of sp³-hybridized carbons (Fsp3) is 0.727. The molecule has 1 aliphatic carbocycles. The van der Waals surface area contributed by atoms with Gasteiger partial charge in [-0.1, -0.05) is 6.42 Å². The first-order valence-corrected chi connectivity index (χ1v) is 7.86. The lowest BCUT2D eigenvalue weighted by atomic mass is 9.85. The molecule has 1 unspecified atom stereocenters. The molecule has 0 radical (unpaired) electrons. The molecule has 5 nitrogen and oxygen atoms in total. The molecule has 0 amide bonds. The van der Waals surface area contributed by atoms with Crippen LogP contribution in [0.15, 0.2) is 10.6 Å². The molecule has 0 aromatic carbocycles. The summed E-state index contributed by atoms with van der Waals surface area (Å²) in [5, 5.41) is 3.17. The molecular weight excluding hydrogens is 240 g/mol. The van der Waals surface area contributed by atoms with Crippen molar-refractivity contribution in [2.75, 3.05) is 18.1 Å². The van der Waals surface area contributed by atoms with Gasteiger partial charge in [0.1, 0.15) is 5.76 Å². The highest BCUT2D eigenvalue weighted by atomic mass is 32.2. The average molecular weight is 256 g/mol. The molecule has 2 aliphatic rings. The number of hydrogen-bond donors (Lipinski definition) is 1. The zero-order valence-corrected chi connectivity index (χ0v) is 10.4. The number of aromatic nitrogens is 1. The van der Waals surface area contributed by atoms with Gasteiger partial charge in [-0.3, -0.25) is 0 Å². The van der Waals surface area contributed by atoms with Crippen LogP contribution >= 0.6 is 0 Å². The van der Waals surface area contributed by atoms with Gasteiger partial charge in [0, 0.05) is 12.5 Å². The Labute approximate surface area is 101 Å². The molecule has 1 N–H and O–H groups in total. The molecular formula is C11H16N2O3S. The molecule has 2 heterocycles. The minimum absolute atomic E-state index is 0.117. The van der Waals surface area contributed by atoms with Gasteiger partial charge in [0.15, 0.2) is 15.7 Å². The maximum atomic E-state index is 11.5. The van der Waals surface area contributed by atoms with Crippen LogP contribution in [0.5, 0.6) is 0 Å². The van der Waals surface area contributed by atoms with Gasteiger partial charge in [0.25, 0.3) is 0 Å². The highest BCUT2D eigenvalue weighted by Gasteiger charge is 2.30. The second-order valence-electron chi connectivity index (χ2n) is 4.85. The van der Waals surface area contributed by atoms with E-state index in [0.717, 1.165) is 18.7 Å². The monoisotopic (exact) mass is 256 g/mol. The number of nitrogens with zero attached hydrogens (tertiary/aromatic N) is 1. The first-order valence-electron chi connectivity index (χ1n) is 6.03. The zero-order chi connectivity index (χ0) is 11.9. The summed E-state index contributed by atoms with van der Waals surface area (Å²) in [4.78, 5) is 4.26. The Bertz CT molecular complexity index is 505. The van der Waals surface area contributed by atoms with Crippen molar-refractivity contribution in [2.45, 2.75) is 31.2 Å². The second kappa shape index (κ2) is 4.10. The lowest BCUT2D eigenvalue weighted by molar-refractivity contribution is 0.313. The van der Waals surface area contributed by atoms with Crippen molar-refractivity contribution in [3.63, 3.8) is 0 Å². The smallest absolute Gasteiger partial charge is 0.197 e. The SMILES string of the molecule is O=S1(=O)CCNC(c2cnc(C3CCC3)o2)C1. The van der Waals surface area contributed by atoms with Crippen LogP contribution in [0.2, 0.25) is 0 Å². The van der Waals surface area contributed by atoms with Crippen molar-refractivity contribution in [3.8, 4) is 0 Å². The number of oxazole rings is 1. The van der Waals surface area contributed by atoms with Crippen LogP contribution in [0.1, 0.15) is 42.9 Å². The molecule has 2 fully saturated rings. The van der Waals surface area contributed by atoms with Crippen molar-refractivity contribution in [1.29, 1.82) is 0 Å². The van der Waals surface area contributed by atoms with E-state index in [1.165, 1.54) is 6.42 Å². The molecule has 0 bridgehead atoms. The summed E-state index contributed by atoms with van der Waals surface area (Å²) < 4.78 is 28.8. The van der Waals surface area contributed by atoms with E-state index in [2.05, 4.69) is 10.3 Å². The third kappa shape index (κ3) is 2.24. The van der Waals surface area contributed by atoms with E-state index in [1.54, 1.807) is 6.20 Å².